The number of hydrogen-bond donors (Lipinski definition) is 1. The fourth-order valence-corrected chi connectivity index (χ4v) is 2.67. The summed E-state index contributed by atoms with van der Waals surface area (Å²) >= 11 is 6.06. The Balaban J connectivity index is 2.33. The van der Waals surface area contributed by atoms with E-state index in [4.69, 9.17) is 21.1 Å². The molecular formula is C17H20ClNO2. The van der Waals surface area contributed by atoms with Gasteiger partial charge in [-0.25, -0.2) is 0 Å². The molecule has 0 heterocycles. The lowest BCUT2D eigenvalue weighted by atomic mass is 9.98. The van der Waals surface area contributed by atoms with Gasteiger partial charge in [-0.05, 0) is 37.2 Å². The Hall–Kier alpha value is -1.71. The molecule has 4 heteroatoms. The lowest BCUT2D eigenvalue weighted by Crippen LogP contribution is -2.19. The second kappa shape index (κ2) is 7.34. The second-order valence-corrected chi connectivity index (χ2v) is 5.19. The Kier molecular flexibility index (Phi) is 5.48. The molecule has 1 N–H and O–H groups in total. The van der Waals surface area contributed by atoms with Crippen molar-refractivity contribution >= 4 is 11.6 Å². The van der Waals surface area contributed by atoms with Gasteiger partial charge in [0, 0.05) is 16.6 Å². The maximum Gasteiger partial charge on any atom is 0.165 e. The summed E-state index contributed by atoms with van der Waals surface area (Å²) in [7, 11) is 5.24. The first-order chi connectivity index (χ1) is 10.2. The molecule has 112 valence electrons. The molecule has 0 aliphatic carbocycles. The Morgan fingerprint density at radius 3 is 2.48 bits per heavy atom. The van der Waals surface area contributed by atoms with E-state index < -0.39 is 0 Å². The van der Waals surface area contributed by atoms with Crippen LogP contribution in [0.2, 0.25) is 5.02 Å². The zero-order chi connectivity index (χ0) is 15.2. The Bertz CT molecular complexity index is 601. The number of para-hydroxylation sites is 1. The van der Waals surface area contributed by atoms with Crippen molar-refractivity contribution in [2.24, 2.45) is 0 Å². The first-order valence-electron chi connectivity index (χ1n) is 6.82. The zero-order valence-electron chi connectivity index (χ0n) is 12.5. The predicted molar refractivity (Wildman–Crippen MR) is 86.5 cm³/mol. The number of nitrogens with one attached hydrogen (secondary N) is 1. The minimum absolute atomic E-state index is 0.119. The average molecular weight is 306 g/mol. The monoisotopic (exact) mass is 305 g/mol. The molecule has 0 aliphatic heterocycles. The highest BCUT2D eigenvalue weighted by atomic mass is 35.5. The molecule has 0 amide bonds. The van der Waals surface area contributed by atoms with E-state index in [2.05, 4.69) is 11.4 Å². The van der Waals surface area contributed by atoms with E-state index in [0.29, 0.717) is 0 Å². The lowest BCUT2D eigenvalue weighted by molar-refractivity contribution is 0.347. The zero-order valence-corrected chi connectivity index (χ0v) is 13.3. The van der Waals surface area contributed by atoms with Crippen LogP contribution in [-0.4, -0.2) is 21.3 Å². The van der Waals surface area contributed by atoms with Crippen LogP contribution in [-0.2, 0) is 6.42 Å². The van der Waals surface area contributed by atoms with Crippen LogP contribution in [0.4, 0.5) is 0 Å². The van der Waals surface area contributed by atoms with E-state index in [-0.39, 0.29) is 6.04 Å². The minimum Gasteiger partial charge on any atom is -0.493 e. The fraction of sp³-hybridized carbons (Fsp3) is 0.294. The molecule has 3 nitrogen and oxygen atoms in total. The van der Waals surface area contributed by atoms with E-state index in [1.807, 2.05) is 43.4 Å². The molecule has 0 spiro atoms. The molecule has 0 radical (unpaired) electrons. The van der Waals surface area contributed by atoms with E-state index in [0.717, 1.165) is 28.5 Å². The number of methoxy groups -OCH3 is 2. The molecule has 0 aliphatic rings. The van der Waals surface area contributed by atoms with E-state index in [9.17, 15) is 0 Å². The molecule has 2 rings (SSSR count). The third-order valence-electron chi connectivity index (χ3n) is 3.49. The van der Waals surface area contributed by atoms with E-state index in [1.54, 1.807) is 14.2 Å². The number of ether oxygens (including phenoxy) is 2. The first kappa shape index (κ1) is 15.7. The van der Waals surface area contributed by atoms with Crippen molar-refractivity contribution in [2.45, 2.75) is 12.5 Å². The van der Waals surface area contributed by atoms with Gasteiger partial charge in [-0.3, -0.25) is 0 Å². The van der Waals surface area contributed by atoms with E-state index in [1.165, 1.54) is 5.56 Å². The Morgan fingerprint density at radius 2 is 1.86 bits per heavy atom. The first-order valence-corrected chi connectivity index (χ1v) is 7.20. The number of hydrogen-bond acceptors (Lipinski definition) is 3. The van der Waals surface area contributed by atoms with Crippen molar-refractivity contribution in [3.8, 4) is 11.5 Å². The van der Waals surface area contributed by atoms with Gasteiger partial charge in [-0.1, -0.05) is 35.9 Å². The minimum atomic E-state index is 0.119. The van der Waals surface area contributed by atoms with Crippen molar-refractivity contribution in [1.82, 2.24) is 5.32 Å². The third kappa shape index (κ3) is 3.69. The molecule has 1 unspecified atom stereocenters. The summed E-state index contributed by atoms with van der Waals surface area (Å²) < 4.78 is 10.9. The molecule has 2 aromatic carbocycles. The van der Waals surface area contributed by atoms with Gasteiger partial charge in [0.05, 0.1) is 14.2 Å². The number of halogens is 1. The Labute approximate surface area is 130 Å². The van der Waals surface area contributed by atoms with E-state index >= 15 is 0 Å². The third-order valence-corrected chi connectivity index (χ3v) is 3.72. The number of benzene rings is 2. The van der Waals surface area contributed by atoms with Crippen LogP contribution in [0.5, 0.6) is 11.5 Å². The molecule has 0 saturated heterocycles. The highest BCUT2D eigenvalue weighted by Crippen LogP contribution is 2.35. The fourth-order valence-electron chi connectivity index (χ4n) is 2.45. The van der Waals surface area contributed by atoms with Crippen LogP contribution in [0, 0.1) is 0 Å². The number of likely N-dealkylation sites (N-methyl/N-ethyl adjacent to an activating group) is 1. The van der Waals surface area contributed by atoms with Gasteiger partial charge in [-0.15, -0.1) is 0 Å². The van der Waals surface area contributed by atoms with Crippen molar-refractivity contribution < 1.29 is 9.47 Å². The Morgan fingerprint density at radius 1 is 1.10 bits per heavy atom. The summed E-state index contributed by atoms with van der Waals surface area (Å²) in [6.45, 7) is 0. The van der Waals surface area contributed by atoms with Crippen LogP contribution in [0.3, 0.4) is 0 Å². The summed E-state index contributed by atoms with van der Waals surface area (Å²) in [5, 5.41) is 4.08. The highest BCUT2D eigenvalue weighted by molar-refractivity contribution is 6.30. The van der Waals surface area contributed by atoms with Crippen LogP contribution in [0.25, 0.3) is 0 Å². The van der Waals surface area contributed by atoms with Gasteiger partial charge in [0.2, 0.25) is 0 Å². The predicted octanol–water partition coefficient (Wildman–Crippen LogP) is 3.86. The maximum atomic E-state index is 6.06. The largest absolute Gasteiger partial charge is 0.493 e. The molecular weight excluding hydrogens is 286 g/mol. The highest BCUT2D eigenvalue weighted by Gasteiger charge is 2.18. The SMILES string of the molecule is CNC(Cc1cccc(Cl)c1)c1cccc(OC)c1OC. The van der Waals surface area contributed by atoms with Gasteiger partial charge in [0.1, 0.15) is 0 Å². The second-order valence-electron chi connectivity index (χ2n) is 4.76. The van der Waals surface area contributed by atoms with Crippen LogP contribution >= 0.6 is 11.6 Å². The topological polar surface area (TPSA) is 30.5 Å². The normalized spacial score (nSPS) is 12.0. The maximum absolute atomic E-state index is 6.06. The van der Waals surface area contributed by atoms with Crippen molar-refractivity contribution in [1.29, 1.82) is 0 Å². The molecule has 0 saturated carbocycles. The van der Waals surface area contributed by atoms with Crippen LogP contribution in [0.15, 0.2) is 42.5 Å². The van der Waals surface area contributed by atoms with Crippen LogP contribution < -0.4 is 14.8 Å². The summed E-state index contributed by atoms with van der Waals surface area (Å²) in [4.78, 5) is 0. The average Bonchev–Trinajstić information content (AvgIpc) is 2.51. The molecule has 0 aromatic heterocycles. The van der Waals surface area contributed by atoms with Gasteiger partial charge in [-0.2, -0.15) is 0 Å². The standard InChI is InChI=1S/C17H20ClNO2/c1-19-15(11-12-6-4-7-13(18)10-12)14-8-5-9-16(20-2)17(14)21-3/h4-10,15,19H,11H2,1-3H3. The molecule has 21 heavy (non-hydrogen) atoms. The van der Waals surface area contributed by atoms with Crippen molar-refractivity contribution in [2.75, 3.05) is 21.3 Å². The summed E-state index contributed by atoms with van der Waals surface area (Å²) in [6.07, 6.45) is 0.820. The van der Waals surface area contributed by atoms with Gasteiger partial charge in [0.25, 0.3) is 0 Å². The lowest BCUT2D eigenvalue weighted by Gasteiger charge is -2.21. The number of rotatable bonds is 6. The van der Waals surface area contributed by atoms with Crippen LogP contribution in [0.1, 0.15) is 17.2 Å². The van der Waals surface area contributed by atoms with Gasteiger partial charge < -0.3 is 14.8 Å². The van der Waals surface area contributed by atoms with Gasteiger partial charge in [0.15, 0.2) is 11.5 Å². The van der Waals surface area contributed by atoms with Gasteiger partial charge >= 0.3 is 0 Å². The molecule has 0 fully saturated rings. The quantitative estimate of drug-likeness (QED) is 0.879. The van der Waals surface area contributed by atoms with Crippen molar-refractivity contribution in [3.63, 3.8) is 0 Å². The molecule has 2 aromatic rings. The molecule has 1 atom stereocenters. The summed E-state index contributed by atoms with van der Waals surface area (Å²) in [6, 6.07) is 13.9. The smallest absolute Gasteiger partial charge is 0.165 e. The molecule has 0 bridgehead atoms. The summed E-state index contributed by atoms with van der Waals surface area (Å²) in [5.74, 6) is 1.50. The van der Waals surface area contributed by atoms with Crippen molar-refractivity contribution in [3.05, 3.63) is 58.6 Å². The summed E-state index contributed by atoms with van der Waals surface area (Å²) in [5.41, 5.74) is 2.24.